The molecule has 3 N–H and O–H groups in total. The number of carbonyl (C=O) groups is 2. The number of hydrogen-bond acceptors (Lipinski definition) is 5. The molecule has 2 atom stereocenters. The summed E-state index contributed by atoms with van der Waals surface area (Å²) in [5.74, 6) is -0.963. The van der Waals surface area contributed by atoms with Gasteiger partial charge < -0.3 is 20.1 Å². The lowest BCUT2D eigenvalue weighted by atomic mass is 10.0. The van der Waals surface area contributed by atoms with Crippen LogP contribution < -0.4 is 4.74 Å². The summed E-state index contributed by atoms with van der Waals surface area (Å²) in [6.45, 7) is 0.721. The van der Waals surface area contributed by atoms with E-state index in [2.05, 4.69) is 24.3 Å². The molecule has 0 unspecified atom stereocenters. The first-order valence-electron chi connectivity index (χ1n) is 13.3. The molecule has 7 heteroatoms. The lowest BCUT2D eigenvalue weighted by Crippen LogP contribution is -2.21. The molecule has 0 aromatic heterocycles. The number of aliphatic hydroxyl groups is 1. The minimum atomic E-state index is -0.989. The predicted molar refractivity (Wildman–Crippen MR) is 156 cm³/mol. The van der Waals surface area contributed by atoms with Crippen LogP contribution in [0.15, 0.2) is 89.8 Å². The van der Waals surface area contributed by atoms with E-state index in [0.29, 0.717) is 12.8 Å². The second-order valence-corrected chi connectivity index (χ2v) is 10.6. The van der Waals surface area contributed by atoms with Crippen LogP contribution in [0, 0.1) is 0 Å². The van der Waals surface area contributed by atoms with Crippen LogP contribution in [0.3, 0.4) is 0 Å². The summed E-state index contributed by atoms with van der Waals surface area (Å²) in [5.41, 5.74) is 2.49. The van der Waals surface area contributed by atoms with Crippen molar-refractivity contribution in [2.75, 3.05) is 6.61 Å². The zero-order chi connectivity index (χ0) is 27.9. The molecule has 0 fully saturated rings. The van der Waals surface area contributed by atoms with Crippen molar-refractivity contribution in [3.8, 4) is 5.75 Å². The third kappa shape index (κ3) is 11.4. The van der Waals surface area contributed by atoms with Gasteiger partial charge in [0.25, 0.3) is 0 Å². The minimum Gasteiger partial charge on any atom is -0.494 e. The molecule has 206 valence electrons. The van der Waals surface area contributed by atoms with Gasteiger partial charge in [0.1, 0.15) is 5.75 Å². The summed E-state index contributed by atoms with van der Waals surface area (Å²) in [7, 11) is 0. The Labute approximate surface area is 234 Å². The molecule has 39 heavy (non-hydrogen) atoms. The molecule has 0 aliphatic heterocycles. The van der Waals surface area contributed by atoms with Crippen LogP contribution in [0.4, 0.5) is 0 Å². The quantitative estimate of drug-likeness (QED) is 0.124. The van der Waals surface area contributed by atoms with E-state index >= 15 is 0 Å². The molecule has 0 aliphatic rings. The van der Waals surface area contributed by atoms with Crippen molar-refractivity contribution in [1.82, 2.24) is 0 Å². The van der Waals surface area contributed by atoms with E-state index in [0.717, 1.165) is 48.5 Å². The van der Waals surface area contributed by atoms with Crippen molar-refractivity contribution in [3.63, 3.8) is 0 Å². The molecular weight excluding hydrogens is 512 g/mol. The van der Waals surface area contributed by atoms with Gasteiger partial charge >= 0.3 is 11.9 Å². The first kappa shape index (κ1) is 30.0. The lowest BCUT2D eigenvalue weighted by molar-refractivity contribution is -0.137. The van der Waals surface area contributed by atoms with Gasteiger partial charge in [-0.3, -0.25) is 4.79 Å². The standard InChI is InChI=1S/C32H36O6S/c33-29(11-7-12-31(34)35)30(39-28-20-18-26(19-21-28)32(36)37)22-17-25-15-13-24(14-16-25)8-3-2-6-23-38-27-9-4-1-5-10-27/h1,4-5,9-10,13-22,29-30,33H,2-3,6-8,11-12,23H2,(H,34,35)(H,36,37)/b22-17-/t29-,30+/m0/s1. The molecule has 0 saturated heterocycles. The van der Waals surface area contributed by atoms with Crippen molar-refractivity contribution >= 4 is 29.8 Å². The molecule has 0 heterocycles. The molecule has 3 aromatic carbocycles. The number of para-hydroxylation sites is 1. The van der Waals surface area contributed by atoms with Gasteiger partial charge in [0.15, 0.2) is 0 Å². The highest BCUT2D eigenvalue weighted by molar-refractivity contribution is 8.00. The van der Waals surface area contributed by atoms with Crippen molar-refractivity contribution < 1.29 is 29.6 Å². The fourth-order valence-corrected chi connectivity index (χ4v) is 5.08. The smallest absolute Gasteiger partial charge is 0.335 e. The highest BCUT2D eigenvalue weighted by Gasteiger charge is 2.18. The summed E-state index contributed by atoms with van der Waals surface area (Å²) in [6, 6.07) is 24.7. The number of carboxylic acids is 2. The summed E-state index contributed by atoms with van der Waals surface area (Å²) in [4.78, 5) is 22.8. The third-order valence-corrected chi connectivity index (χ3v) is 7.51. The predicted octanol–water partition coefficient (Wildman–Crippen LogP) is 6.97. The number of aromatic carboxylic acids is 1. The van der Waals surface area contributed by atoms with Gasteiger partial charge in [-0.1, -0.05) is 54.6 Å². The maximum atomic E-state index is 11.1. The Morgan fingerprint density at radius 1 is 0.846 bits per heavy atom. The number of aliphatic carboxylic acids is 1. The summed E-state index contributed by atoms with van der Waals surface area (Å²) in [5, 5.41) is 28.5. The summed E-state index contributed by atoms with van der Waals surface area (Å²) < 4.78 is 5.74. The van der Waals surface area contributed by atoms with Crippen LogP contribution >= 0.6 is 11.8 Å². The van der Waals surface area contributed by atoms with Crippen molar-refractivity contribution in [2.45, 2.75) is 61.2 Å². The maximum absolute atomic E-state index is 11.1. The largest absolute Gasteiger partial charge is 0.494 e. The van der Waals surface area contributed by atoms with E-state index < -0.39 is 18.0 Å². The minimum absolute atomic E-state index is 0.00693. The molecule has 0 saturated carbocycles. The van der Waals surface area contributed by atoms with E-state index in [4.69, 9.17) is 14.9 Å². The van der Waals surface area contributed by atoms with Crippen LogP contribution in [-0.2, 0) is 11.2 Å². The van der Waals surface area contributed by atoms with Gasteiger partial charge in [-0.05, 0) is 86.1 Å². The van der Waals surface area contributed by atoms with Gasteiger partial charge in [0.05, 0.1) is 23.5 Å². The Morgan fingerprint density at radius 3 is 2.23 bits per heavy atom. The monoisotopic (exact) mass is 548 g/mol. The number of ether oxygens (including phenoxy) is 1. The number of rotatable bonds is 17. The number of unbranched alkanes of at least 4 members (excludes halogenated alkanes) is 2. The molecule has 0 spiro atoms. The van der Waals surface area contributed by atoms with E-state index in [1.54, 1.807) is 12.1 Å². The zero-order valence-electron chi connectivity index (χ0n) is 21.9. The number of thioether (sulfide) groups is 1. The number of benzene rings is 3. The van der Waals surface area contributed by atoms with Crippen molar-refractivity contribution in [1.29, 1.82) is 0 Å². The summed E-state index contributed by atoms with van der Waals surface area (Å²) in [6.07, 6.45) is 8.11. The van der Waals surface area contributed by atoms with E-state index in [-0.39, 0.29) is 17.2 Å². The summed E-state index contributed by atoms with van der Waals surface area (Å²) >= 11 is 1.43. The normalized spacial score (nSPS) is 12.7. The van der Waals surface area contributed by atoms with Gasteiger partial charge in [0.2, 0.25) is 0 Å². The molecule has 3 rings (SSSR count). The Hall–Kier alpha value is -3.55. The highest BCUT2D eigenvalue weighted by Crippen LogP contribution is 2.29. The molecular formula is C32H36O6S. The van der Waals surface area contributed by atoms with Gasteiger partial charge in [-0.15, -0.1) is 11.8 Å². The second kappa shape index (κ2) is 16.4. The molecule has 3 aromatic rings. The topological polar surface area (TPSA) is 104 Å². The van der Waals surface area contributed by atoms with Crippen LogP contribution in [0.5, 0.6) is 5.75 Å². The van der Waals surface area contributed by atoms with Crippen LogP contribution in [0.25, 0.3) is 6.08 Å². The number of hydrogen-bond donors (Lipinski definition) is 3. The second-order valence-electron chi connectivity index (χ2n) is 9.34. The molecule has 0 amide bonds. The average molecular weight is 549 g/mol. The molecule has 0 radical (unpaired) electrons. The lowest BCUT2D eigenvalue weighted by Gasteiger charge is -2.19. The molecule has 0 aliphatic carbocycles. The first-order valence-corrected chi connectivity index (χ1v) is 14.1. The number of aliphatic hydroxyl groups excluding tert-OH is 1. The Balaban J connectivity index is 1.51. The maximum Gasteiger partial charge on any atom is 0.335 e. The van der Waals surface area contributed by atoms with Crippen LogP contribution in [-0.4, -0.2) is 45.2 Å². The number of carboxylic acid groups (broad SMARTS) is 2. The SMILES string of the molecule is O=C(O)CCC[C@H](O)[C@@H](/C=C\c1ccc(CCCCCOc2ccccc2)cc1)Sc1ccc(C(=O)O)cc1. The Kier molecular flexibility index (Phi) is 12.6. The van der Waals surface area contributed by atoms with Gasteiger partial charge in [-0.25, -0.2) is 4.79 Å². The molecule has 0 bridgehead atoms. The number of aryl methyl sites for hydroxylation is 1. The van der Waals surface area contributed by atoms with Crippen LogP contribution in [0.2, 0.25) is 0 Å². The first-order chi connectivity index (χ1) is 18.9. The van der Waals surface area contributed by atoms with E-state index in [1.165, 1.54) is 29.5 Å². The van der Waals surface area contributed by atoms with E-state index in [1.807, 2.05) is 42.5 Å². The highest BCUT2D eigenvalue weighted by atomic mass is 32.2. The van der Waals surface area contributed by atoms with Gasteiger partial charge in [-0.2, -0.15) is 0 Å². The van der Waals surface area contributed by atoms with E-state index in [9.17, 15) is 14.7 Å². The zero-order valence-corrected chi connectivity index (χ0v) is 22.8. The fraction of sp³-hybridized carbons (Fsp3) is 0.312. The fourth-order valence-electron chi connectivity index (χ4n) is 4.02. The van der Waals surface area contributed by atoms with Crippen molar-refractivity contribution in [3.05, 3.63) is 102 Å². The average Bonchev–Trinajstić information content (AvgIpc) is 2.94. The third-order valence-electron chi connectivity index (χ3n) is 6.22. The van der Waals surface area contributed by atoms with Gasteiger partial charge in [0, 0.05) is 11.3 Å². The Morgan fingerprint density at radius 2 is 1.56 bits per heavy atom. The van der Waals surface area contributed by atoms with Crippen LogP contribution in [0.1, 0.15) is 60.0 Å². The molecule has 6 nitrogen and oxygen atoms in total. The Bertz CT molecular complexity index is 1180. The van der Waals surface area contributed by atoms with Crippen molar-refractivity contribution in [2.24, 2.45) is 0 Å².